The van der Waals surface area contributed by atoms with Crippen molar-refractivity contribution in [3.8, 4) is 11.4 Å². The Bertz CT molecular complexity index is 964. The zero-order valence-electron chi connectivity index (χ0n) is 17.5. The zero-order chi connectivity index (χ0) is 21.1. The highest BCUT2D eigenvalue weighted by Gasteiger charge is 2.17. The van der Waals surface area contributed by atoms with Crippen LogP contribution in [0.5, 0.6) is 0 Å². The van der Waals surface area contributed by atoms with Crippen LogP contribution in [-0.2, 0) is 13.0 Å². The highest BCUT2D eigenvalue weighted by atomic mass is 19.2. The highest BCUT2D eigenvalue weighted by molar-refractivity contribution is 5.56. The fourth-order valence-corrected chi connectivity index (χ4v) is 2.89. The third-order valence-electron chi connectivity index (χ3n) is 5.17. The van der Waals surface area contributed by atoms with E-state index < -0.39 is 11.6 Å². The van der Waals surface area contributed by atoms with E-state index in [-0.39, 0.29) is 0 Å². The number of nitrogens with zero attached hydrogens (tertiary/aromatic N) is 5. The van der Waals surface area contributed by atoms with Gasteiger partial charge in [0.25, 0.3) is 0 Å². The van der Waals surface area contributed by atoms with E-state index >= 15 is 0 Å². The van der Waals surface area contributed by atoms with Gasteiger partial charge in [-0.1, -0.05) is 26.8 Å². The Balaban J connectivity index is 1.95. The lowest BCUT2D eigenvalue weighted by molar-refractivity contribution is 0.400. The van der Waals surface area contributed by atoms with Crippen LogP contribution >= 0.6 is 0 Å². The van der Waals surface area contributed by atoms with Gasteiger partial charge in [0.15, 0.2) is 17.5 Å². The van der Waals surface area contributed by atoms with Gasteiger partial charge >= 0.3 is 0 Å². The molecule has 1 unspecified atom stereocenters. The maximum Gasteiger partial charge on any atom is 0.182 e. The number of halogens is 2. The van der Waals surface area contributed by atoms with E-state index in [2.05, 4.69) is 30.9 Å². The summed E-state index contributed by atoms with van der Waals surface area (Å²) >= 11 is 0. The molecule has 154 valence electrons. The summed E-state index contributed by atoms with van der Waals surface area (Å²) in [5, 5.41) is 4.65. The molecule has 3 aromatic rings. The first kappa shape index (κ1) is 20.9. The minimum absolute atomic E-state index is 0.327. The molecule has 2 heterocycles. The Labute approximate surface area is 170 Å². The van der Waals surface area contributed by atoms with Crippen molar-refractivity contribution < 1.29 is 8.78 Å². The van der Waals surface area contributed by atoms with E-state index in [1.165, 1.54) is 6.07 Å². The summed E-state index contributed by atoms with van der Waals surface area (Å²) < 4.78 is 28.7. The van der Waals surface area contributed by atoms with Crippen LogP contribution in [0.4, 0.5) is 14.6 Å². The predicted molar refractivity (Wildman–Crippen MR) is 111 cm³/mol. The topological polar surface area (TPSA) is 46.8 Å². The Morgan fingerprint density at radius 2 is 1.79 bits per heavy atom. The molecular weight excluding hydrogens is 372 g/mol. The first-order valence-corrected chi connectivity index (χ1v) is 9.76. The molecule has 2 aromatic heterocycles. The Morgan fingerprint density at radius 3 is 2.38 bits per heavy atom. The van der Waals surface area contributed by atoms with E-state index in [1.54, 1.807) is 16.9 Å². The zero-order valence-corrected chi connectivity index (χ0v) is 17.5. The lowest BCUT2D eigenvalue weighted by Gasteiger charge is -2.15. The van der Waals surface area contributed by atoms with Gasteiger partial charge in [-0.15, -0.1) is 0 Å². The summed E-state index contributed by atoms with van der Waals surface area (Å²) in [5.74, 6) is 1.44. The molecule has 0 saturated carbocycles. The molecule has 3 rings (SSSR count). The summed E-state index contributed by atoms with van der Waals surface area (Å²) in [6.07, 6.45) is 2.50. The molecule has 1 atom stereocenters. The van der Waals surface area contributed by atoms with E-state index in [0.29, 0.717) is 29.8 Å². The average molecular weight is 399 g/mol. The van der Waals surface area contributed by atoms with E-state index in [1.807, 2.05) is 31.1 Å². The van der Waals surface area contributed by atoms with Crippen molar-refractivity contribution in [2.45, 2.75) is 33.7 Å². The molecule has 1 aromatic carbocycles. The first-order valence-electron chi connectivity index (χ1n) is 9.76. The van der Waals surface area contributed by atoms with Gasteiger partial charge in [-0.3, -0.25) is 0 Å². The van der Waals surface area contributed by atoms with Gasteiger partial charge in [-0.05, 0) is 41.7 Å². The van der Waals surface area contributed by atoms with Gasteiger partial charge in [0, 0.05) is 32.3 Å². The van der Waals surface area contributed by atoms with Crippen molar-refractivity contribution in [2.75, 3.05) is 19.0 Å². The largest absolute Gasteiger partial charge is 0.363 e. The van der Waals surface area contributed by atoms with Crippen LogP contribution in [-0.4, -0.2) is 33.8 Å². The van der Waals surface area contributed by atoms with Crippen LogP contribution in [0.15, 0.2) is 36.5 Å². The molecule has 0 fully saturated rings. The molecule has 7 heteroatoms. The predicted octanol–water partition coefficient (Wildman–Crippen LogP) is 4.57. The maximum atomic E-state index is 13.6. The van der Waals surface area contributed by atoms with Gasteiger partial charge in [0.2, 0.25) is 0 Å². The van der Waals surface area contributed by atoms with Crippen LogP contribution in [0.2, 0.25) is 0 Å². The second-order valence-electron chi connectivity index (χ2n) is 7.98. The number of hydrogen-bond donors (Lipinski definition) is 0. The van der Waals surface area contributed by atoms with E-state index in [0.717, 1.165) is 29.7 Å². The molecular formula is C22H27F2N5. The van der Waals surface area contributed by atoms with Gasteiger partial charge in [-0.25, -0.2) is 23.4 Å². The number of hydrogen-bond acceptors (Lipinski definition) is 4. The minimum atomic E-state index is -0.858. The van der Waals surface area contributed by atoms with Gasteiger partial charge < -0.3 is 4.90 Å². The maximum absolute atomic E-state index is 13.6. The summed E-state index contributed by atoms with van der Waals surface area (Å²) in [4.78, 5) is 11.1. The molecule has 0 aliphatic heterocycles. The molecule has 0 radical (unpaired) electrons. The number of benzene rings is 1. The van der Waals surface area contributed by atoms with Gasteiger partial charge in [0.05, 0.1) is 6.54 Å². The minimum Gasteiger partial charge on any atom is -0.363 e. The fourth-order valence-electron chi connectivity index (χ4n) is 2.89. The molecule has 0 aliphatic carbocycles. The van der Waals surface area contributed by atoms with Crippen LogP contribution < -0.4 is 4.90 Å². The Morgan fingerprint density at radius 1 is 1.03 bits per heavy atom. The molecule has 0 bridgehead atoms. The van der Waals surface area contributed by atoms with Crippen LogP contribution in [0.1, 0.15) is 32.2 Å². The van der Waals surface area contributed by atoms with Gasteiger partial charge in [-0.2, -0.15) is 5.10 Å². The highest BCUT2D eigenvalue weighted by Crippen LogP contribution is 2.22. The van der Waals surface area contributed by atoms with Crippen molar-refractivity contribution in [2.24, 2.45) is 11.8 Å². The Kier molecular flexibility index (Phi) is 6.25. The molecule has 0 saturated heterocycles. The normalized spacial score (nSPS) is 12.4. The van der Waals surface area contributed by atoms with Crippen molar-refractivity contribution in [1.29, 1.82) is 0 Å². The number of aromatic nitrogens is 4. The smallest absolute Gasteiger partial charge is 0.182 e. The third-order valence-corrected chi connectivity index (χ3v) is 5.17. The van der Waals surface area contributed by atoms with E-state index in [9.17, 15) is 8.78 Å². The molecule has 0 aliphatic rings. The average Bonchev–Trinajstić information content (AvgIpc) is 3.07. The van der Waals surface area contributed by atoms with Crippen LogP contribution in [0.3, 0.4) is 0 Å². The van der Waals surface area contributed by atoms with Crippen molar-refractivity contribution in [1.82, 2.24) is 19.7 Å². The van der Waals surface area contributed by atoms with Crippen molar-refractivity contribution in [3.63, 3.8) is 0 Å². The van der Waals surface area contributed by atoms with Crippen molar-refractivity contribution >= 4 is 5.82 Å². The SMILES string of the molecule is CC(C)C(C)Cc1nc(-c2ccc(N(C)C)nc2)nn1Cc1ccc(F)c(F)c1. The third kappa shape index (κ3) is 4.96. The summed E-state index contributed by atoms with van der Waals surface area (Å²) in [5.41, 5.74) is 1.46. The number of pyridine rings is 1. The summed E-state index contributed by atoms with van der Waals surface area (Å²) in [7, 11) is 3.87. The number of rotatable bonds is 7. The van der Waals surface area contributed by atoms with Crippen LogP contribution in [0, 0.1) is 23.5 Å². The fraction of sp³-hybridized carbons (Fsp3) is 0.409. The molecule has 29 heavy (non-hydrogen) atoms. The first-order chi connectivity index (χ1) is 13.7. The lowest BCUT2D eigenvalue weighted by Crippen LogP contribution is -2.14. The molecule has 0 N–H and O–H groups in total. The van der Waals surface area contributed by atoms with Crippen molar-refractivity contribution in [3.05, 3.63) is 59.6 Å². The monoisotopic (exact) mass is 399 g/mol. The van der Waals surface area contributed by atoms with Crippen LogP contribution in [0.25, 0.3) is 11.4 Å². The summed E-state index contributed by atoms with van der Waals surface area (Å²) in [6.45, 7) is 6.85. The quantitative estimate of drug-likeness (QED) is 0.584. The Hall–Kier alpha value is -2.83. The molecule has 0 spiro atoms. The lowest BCUT2D eigenvalue weighted by atomic mass is 9.94. The summed E-state index contributed by atoms with van der Waals surface area (Å²) in [6, 6.07) is 7.78. The molecule has 5 nitrogen and oxygen atoms in total. The standard InChI is InChI=1S/C22H27F2N5/c1-14(2)15(3)10-21-26-22(17-7-9-20(25-12-17)28(4)5)27-29(21)13-16-6-8-18(23)19(24)11-16/h6-9,11-12,14-15H,10,13H2,1-5H3. The molecule has 0 amide bonds. The van der Waals surface area contributed by atoms with Gasteiger partial charge in [0.1, 0.15) is 11.6 Å². The second-order valence-corrected chi connectivity index (χ2v) is 7.98. The van der Waals surface area contributed by atoms with E-state index in [4.69, 9.17) is 4.98 Å². The number of anilines is 1. The second kappa shape index (κ2) is 8.68.